The van der Waals surface area contributed by atoms with Gasteiger partial charge in [-0.1, -0.05) is 0 Å². The van der Waals surface area contributed by atoms with Crippen LogP contribution in [-0.4, -0.2) is 29.0 Å². The minimum atomic E-state index is -5.11. The molecule has 0 atom stereocenters. The Balaban J connectivity index is -0.0000000133. The van der Waals surface area contributed by atoms with Gasteiger partial charge in [-0.15, -0.1) is 0 Å². The second-order valence-corrected chi connectivity index (χ2v) is 1.66. The van der Waals surface area contributed by atoms with Crippen molar-refractivity contribution in [1.82, 2.24) is 18.5 Å². The first-order chi connectivity index (χ1) is 2.00. The molecule has 0 aliphatic carbocycles. The van der Waals surface area contributed by atoms with Crippen molar-refractivity contribution < 1.29 is 24.0 Å². The Bertz CT molecular complexity index is 31.3. The molecule has 9 heavy (non-hydrogen) atoms. The summed E-state index contributed by atoms with van der Waals surface area (Å²) in [6.45, 7) is 0. The molecule has 0 radical (unpaired) electrons. The van der Waals surface area contributed by atoms with E-state index in [-0.39, 0.29) is 23.9 Å². The fraction of sp³-hybridized carbons (Fsp3) is 0. The van der Waals surface area contributed by atoms with Crippen molar-refractivity contribution in [3.05, 3.63) is 0 Å². The summed E-state index contributed by atoms with van der Waals surface area (Å²) in [6, 6.07) is 0. The van der Waals surface area contributed by atoms with Crippen LogP contribution in [0.3, 0.4) is 0 Å². The standard InChI is InChI=1S/FH3O3Si.3H3N.H2O/c1-5(2,3)4;;;;/h2-4H;3*1H3;1H2. The van der Waals surface area contributed by atoms with E-state index in [1.807, 2.05) is 0 Å². The summed E-state index contributed by atoms with van der Waals surface area (Å²) in [5.74, 6) is 0. The molecule has 0 aromatic heterocycles. The lowest BCUT2D eigenvalue weighted by molar-refractivity contribution is 0.165. The quantitative estimate of drug-likeness (QED) is 0.178. The van der Waals surface area contributed by atoms with Gasteiger partial charge in [0.2, 0.25) is 0 Å². The molecule has 0 amide bonds. The van der Waals surface area contributed by atoms with Crippen LogP contribution in [0.25, 0.3) is 0 Å². The van der Waals surface area contributed by atoms with E-state index in [1.54, 1.807) is 0 Å². The van der Waals surface area contributed by atoms with Gasteiger partial charge in [-0.05, 0) is 0 Å². The van der Waals surface area contributed by atoms with Gasteiger partial charge in [-0.25, -0.2) is 4.11 Å². The normalized spacial score (nSPS) is 6.67. The molecular weight excluding hydrogens is 153 g/mol. The van der Waals surface area contributed by atoms with E-state index < -0.39 is 9.14 Å². The molecule has 0 spiro atoms. The first kappa shape index (κ1) is 36.7. The molecule has 9 heteroatoms. The Kier molecular flexibility index (Phi) is 43.9. The van der Waals surface area contributed by atoms with Crippen LogP contribution in [0.15, 0.2) is 0 Å². The summed E-state index contributed by atoms with van der Waals surface area (Å²) >= 11 is 0. The average Bonchev–Trinajstić information content (AvgIpc) is 0.722. The van der Waals surface area contributed by atoms with Crippen molar-refractivity contribution in [2.75, 3.05) is 0 Å². The predicted octanol–water partition coefficient (Wildman–Crippen LogP) is -1.97. The summed E-state index contributed by atoms with van der Waals surface area (Å²) in [6.07, 6.45) is 0. The van der Waals surface area contributed by atoms with Crippen molar-refractivity contribution in [1.29, 1.82) is 0 Å². The monoisotopic (exact) mass is 167 g/mol. The zero-order valence-electron chi connectivity index (χ0n) is 4.84. The van der Waals surface area contributed by atoms with Gasteiger partial charge >= 0.3 is 9.14 Å². The summed E-state index contributed by atoms with van der Waals surface area (Å²) in [4.78, 5) is 21.3. The van der Waals surface area contributed by atoms with Crippen LogP contribution in [0.2, 0.25) is 0 Å². The minimum Gasteiger partial charge on any atom is -0.412 e. The van der Waals surface area contributed by atoms with Crippen molar-refractivity contribution in [3.63, 3.8) is 0 Å². The molecule has 14 N–H and O–H groups in total. The van der Waals surface area contributed by atoms with Gasteiger partial charge in [0, 0.05) is 0 Å². The van der Waals surface area contributed by atoms with Gasteiger partial charge < -0.3 is 38.3 Å². The fourth-order valence-corrected chi connectivity index (χ4v) is 0. The van der Waals surface area contributed by atoms with E-state index in [4.69, 9.17) is 14.4 Å². The van der Waals surface area contributed by atoms with Crippen molar-refractivity contribution in [3.8, 4) is 0 Å². The second-order valence-electron chi connectivity index (χ2n) is 0.554. The number of hydrogen-bond donors (Lipinski definition) is 6. The molecule has 0 heterocycles. The van der Waals surface area contributed by atoms with E-state index >= 15 is 0 Å². The highest BCUT2D eigenvalue weighted by Gasteiger charge is 2.26. The van der Waals surface area contributed by atoms with Crippen LogP contribution < -0.4 is 18.5 Å². The predicted molar refractivity (Wildman–Crippen MR) is 32.2 cm³/mol. The van der Waals surface area contributed by atoms with Gasteiger partial charge in [0.05, 0.1) is 0 Å². The van der Waals surface area contributed by atoms with Crippen LogP contribution in [0.1, 0.15) is 0 Å². The lowest BCUT2D eigenvalue weighted by atomic mass is 14.0. The molecule has 0 rings (SSSR count). The fourth-order valence-electron chi connectivity index (χ4n) is 0. The second kappa shape index (κ2) is 10.8. The zero-order valence-corrected chi connectivity index (χ0v) is 5.84. The lowest BCUT2D eigenvalue weighted by Crippen LogP contribution is -2.27. The van der Waals surface area contributed by atoms with Crippen LogP contribution in [-0.2, 0) is 0 Å². The van der Waals surface area contributed by atoms with Gasteiger partial charge in [0.1, 0.15) is 0 Å². The number of hydrogen-bond acceptors (Lipinski definition) is 6. The van der Waals surface area contributed by atoms with Crippen LogP contribution in [0, 0.1) is 0 Å². The SMILES string of the molecule is N.N.N.O.O[Si](O)(O)F. The molecule has 0 bridgehead atoms. The summed E-state index contributed by atoms with van der Waals surface area (Å²) < 4.78 is 10.5. The van der Waals surface area contributed by atoms with Crippen molar-refractivity contribution >= 4 is 9.14 Å². The molecule has 0 aromatic carbocycles. The Labute approximate surface area is 52.7 Å². The largest absolute Gasteiger partial charge is 0.711 e. The zero-order chi connectivity index (χ0) is 4.50. The molecule has 64 valence electrons. The Morgan fingerprint density at radius 2 is 0.889 bits per heavy atom. The third-order valence-corrected chi connectivity index (χ3v) is 0. The molecule has 0 aromatic rings. The third-order valence-electron chi connectivity index (χ3n) is 0. The Morgan fingerprint density at radius 3 is 0.889 bits per heavy atom. The van der Waals surface area contributed by atoms with E-state index in [0.717, 1.165) is 0 Å². The average molecular weight is 167 g/mol. The Morgan fingerprint density at radius 1 is 0.889 bits per heavy atom. The third kappa shape index (κ3) is 15300. The highest BCUT2D eigenvalue weighted by molar-refractivity contribution is 6.47. The summed E-state index contributed by atoms with van der Waals surface area (Å²) in [7, 11) is -5.11. The Hall–Kier alpha value is -0.133. The molecule has 0 saturated carbocycles. The minimum absolute atomic E-state index is 0. The smallest absolute Gasteiger partial charge is 0.412 e. The summed E-state index contributed by atoms with van der Waals surface area (Å²) in [5.41, 5.74) is 0. The molecule has 0 fully saturated rings. The van der Waals surface area contributed by atoms with Crippen LogP contribution >= 0.6 is 0 Å². The maximum atomic E-state index is 10.5. The number of rotatable bonds is 0. The maximum absolute atomic E-state index is 10.5. The van der Waals surface area contributed by atoms with Gasteiger partial charge in [0.15, 0.2) is 0 Å². The molecule has 0 aliphatic rings. The maximum Gasteiger partial charge on any atom is 0.711 e. The van der Waals surface area contributed by atoms with Gasteiger partial charge in [-0.3, -0.25) is 0 Å². The van der Waals surface area contributed by atoms with Gasteiger partial charge in [0.25, 0.3) is 0 Å². The number of halogens is 1. The van der Waals surface area contributed by atoms with E-state index in [9.17, 15) is 4.11 Å². The van der Waals surface area contributed by atoms with Crippen LogP contribution in [0.5, 0.6) is 0 Å². The first-order valence-electron chi connectivity index (χ1n) is 0.860. The molecular formula is H14FN3O4Si. The van der Waals surface area contributed by atoms with Crippen LogP contribution in [0.4, 0.5) is 4.11 Å². The summed E-state index contributed by atoms with van der Waals surface area (Å²) in [5, 5.41) is 0. The van der Waals surface area contributed by atoms with Crippen molar-refractivity contribution in [2.45, 2.75) is 0 Å². The molecule has 0 saturated heterocycles. The van der Waals surface area contributed by atoms with Crippen molar-refractivity contribution in [2.24, 2.45) is 0 Å². The van der Waals surface area contributed by atoms with Gasteiger partial charge in [-0.2, -0.15) is 0 Å². The molecule has 0 aliphatic heterocycles. The molecule has 0 unspecified atom stereocenters. The highest BCUT2D eigenvalue weighted by atomic mass is 28.4. The first-order valence-corrected chi connectivity index (χ1v) is 2.58. The lowest BCUT2D eigenvalue weighted by Gasteiger charge is -1.87. The highest BCUT2D eigenvalue weighted by Crippen LogP contribution is 1.79. The molecule has 7 nitrogen and oxygen atoms in total. The van der Waals surface area contributed by atoms with E-state index in [0.29, 0.717) is 0 Å². The van der Waals surface area contributed by atoms with E-state index in [1.165, 1.54) is 0 Å². The topological polar surface area (TPSA) is 197 Å². The van der Waals surface area contributed by atoms with E-state index in [2.05, 4.69) is 0 Å².